The molecular weight excluding hydrogens is 322 g/mol. The first-order valence-corrected chi connectivity index (χ1v) is 11.5. The van der Waals surface area contributed by atoms with Gasteiger partial charge in [-0.25, -0.2) is 0 Å². The number of hydrogen-bond donors (Lipinski definition) is 0. The molecule has 3 nitrogen and oxygen atoms in total. The maximum absolute atomic E-state index is 10.2. The van der Waals surface area contributed by atoms with Crippen LogP contribution in [-0.4, -0.2) is 11.5 Å². The minimum absolute atomic E-state index is 0.149. The van der Waals surface area contributed by atoms with Crippen LogP contribution in [0.3, 0.4) is 0 Å². The van der Waals surface area contributed by atoms with Gasteiger partial charge in [0.2, 0.25) is 6.54 Å². The Morgan fingerprint density at radius 2 is 0.962 bits per heavy atom. The molecule has 0 aliphatic carbocycles. The monoisotopic (exact) mass is 369 g/mol. The lowest BCUT2D eigenvalue weighted by Gasteiger charge is -2.27. The van der Waals surface area contributed by atoms with Crippen molar-refractivity contribution in [2.24, 2.45) is 11.3 Å². The maximum atomic E-state index is 10.2. The molecule has 0 bridgehead atoms. The highest BCUT2D eigenvalue weighted by molar-refractivity contribution is 4.69. The molecule has 0 N–H and O–H groups in total. The summed E-state index contributed by atoms with van der Waals surface area (Å²) in [7, 11) is 0. The van der Waals surface area contributed by atoms with Crippen LogP contribution in [0.25, 0.3) is 0 Å². The molecular formula is C23H47NO2. The molecule has 0 amide bonds. The predicted octanol–water partition coefficient (Wildman–Crippen LogP) is 8.19. The second kappa shape index (κ2) is 16.6. The van der Waals surface area contributed by atoms with Gasteiger partial charge in [-0.1, -0.05) is 118 Å². The maximum Gasteiger partial charge on any atom is 0.203 e. The highest BCUT2D eigenvalue weighted by Gasteiger charge is 2.18. The summed E-state index contributed by atoms with van der Waals surface area (Å²) in [6.07, 6.45) is 20.9. The molecule has 0 rings (SSSR count). The van der Waals surface area contributed by atoms with E-state index in [9.17, 15) is 10.1 Å². The van der Waals surface area contributed by atoms with Gasteiger partial charge in [-0.05, 0) is 17.8 Å². The summed E-state index contributed by atoms with van der Waals surface area (Å²) in [5.74, 6) is 0.837. The van der Waals surface area contributed by atoms with E-state index in [4.69, 9.17) is 0 Å². The highest BCUT2D eigenvalue weighted by atomic mass is 16.6. The van der Waals surface area contributed by atoms with Crippen LogP contribution in [0.15, 0.2) is 0 Å². The fourth-order valence-electron chi connectivity index (χ4n) is 3.42. The van der Waals surface area contributed by atoms with Gasteiger partial charge in [0.1, 0.15) is 0 Å². The van der Waals surface area contributed by atoms with E-state index < -0.39 is 0 Å². The lowest BCUT2D eigenvalue weighted by atomic mass is 9.79. The molecule has 0 saturated heterocycles. The molecule has 0 heterocycles. The molecule has 0 spiro atoms. The standard InChI is InChI=1S/C23H47NO2/c1-22(23(2,3)4)20-18-16-14-12-10-8-6-5-7-9-11-13-15-17-19-21-24(25)26/h22H,5-21H2,1-4H3. The first kappa shape index (κ1) is 25.4. The van der Waals surface area contributed by atoms with E-state index in [0.717, 1.165) is 18.8 Å². The van der Waals surface area contributed by atoms with Crippen LogP contribution >= 0.6 is 0 Å². The highest BCUT2D eigenvalue weighted by Crippen LogP contribution is 2.29. The van der Waals surface area contributed by atoms with Crippen LogP contribution in [-0.2, 0) is 0 Å². The van der Waals surface area contributed by atoms with E-state index in [1.54, 1.807) is 0 Å². The third-order valence-corrected chi connectivity index (χ3v) is 5.96. The number of nitrogens with zero attached hydrogens (tertiary/aromatic N) is 1. The Kier molecular flexibility index (Phi) is 16.2. The van der Waals surface area contributed by atoms with Gasteiger partial charge in [0.05, 0.1) is 0 Å². The summed E-state index contributed by atoms with van der Waals surface area (Å²) in [6, 6.07) is 0. The van der Waals surface area contributed by atoms with Crippen molar-refractivity contribution in [1.29, 1.82) is 0 Å². The van der Waals surface area contributed by atoms with E-state index in [-0.39, 0.29) is 11.5 Å². The molecule has 0 aromatic rings. The van der Waals surface area contributed by atoms with Crippen molar-refractivity contribution in [2.75, 3.05) is 6.54 Å². The normalized spacial score (nSPS) is 13.1. The van der Waals surface area contributed by atoms with E-state index in [0.29, 0.717) is 5.41 Å². The molecule has 1 atom stereocenters. The Labute approximate surface area is 163 Å². The summed E-state index contributed by atoms with van der Waals surface area (Å²) < 4.78 is 0. The summed E-state index contributed by atoms with van der Waals surface area (Å²) in [6.45, 7) is 9.62. The van der Waals surface area contributed by atoms with Gasteiger partial charge in [0.25, 0.3) is 0 Å². The van der Waals surface area contributed by atoms with Crippen LogP contribution in [0.1, 0.15) is 130 Å². The Balaban J connectivity index is 3.13. The van der Waals surface area contributed by atoms with Gasteiger partial charge >= 0.3 is 0 Å². The van der Waals surface area contributed by atoms with Gasteiger partial charge in [0.15, 0.2) is 0 Å². The molecule has 0 saturated carbocycles. The molecule has 3 heteroatoms. The van der Waals surface area contributed by atoms with Crippen LogP contribution in [0.2, 0.25) is 0 Å². The molecule has 26 heavy (non-hydrogen) atoms. The fraction of sp³-hybridized carbons (Fsp3) is 1.00. The van der Waals surface area contributed by atoms with Crippen molar-refractivity contribution in [3.63, 3.8) is 0 Å². The smallest absolute Gasteiger partial charge is 0.203 e. The molecule has 0 aliphatic rings. The third-order valence-electron chi connectivity index (χ3n) is 5.96. The predicted molar refractivity (Wildman–Crippen MR) is 114 cm³/mol. The van der Waals surface area contributed by atoms with Crippen molar-refractivity contribution >= 4 is 0 Å². The largest absolute Gasteiger partial charge is 0.265 e. The van der Waals surface area contributed by atoms with Crippen molar-refractivity contribution in [3.05, 3.63) is 10.1 Å². The minimum Gasteiger partial charge on any atom is -0.265 e. The second-order valence-corrected chi connectivity index (χ2v) is 9.42. The molecule has 0 radical (unpaired) electrons. The van der Waals surface area contributed by atoms with Gasteiger partial charge in [-0.2, -0.15) is 0 Å². The van der Waals surface area contributed by atoms with Gasteiger partial charge in [0, 0.05) is 11.3 Å². The molecule has 0 aromatic carbocycles. The van der Waals surface area contributed by atoms with Crippen LogP contribution in [0.5, 0.6) is 0 Å². The SMILES string of the molecule is CC(CCCCCCCCCCCCCCCCC[N+](=O)[O-])C(C)(C)C. The fourth-order valence-corrected chi connectivity index (χ4v) is 3.42. The summed E-state index contributed by atoms with van der Waals surface area (Å²) in [5, 5.41) is 10.2. The summed E-state index contributed by atoms with van der Waals surface area (Å²) in [5.41, 5.74) is 0.469. The molecule has 156 valence electrons. The first-order valence-electron chi connectivity index (χ1n) is 11.5. The van der Waals surface area contributed by atoms with Crippen molar-refractivity contribution in [3.8, 4) is 0 Å². The van der Waals surface area contributed by atoms with Crippen LogP contribution in [0, 0.1) is 21.4 Å². The van der Waals surface area contributed by atoms with E-state index in [1.807, 2.05) is 0 Å². The topological polar surface area (TPSA) is 43.1 Å². The Morgan fingerprint density at radius 3 is 1.27 bits per heavy atom. The van der Waals surface area contributed by atoms with E-state index >= 15 is 0 Å². The molecule has 1 unspecified atom stereocenters. The lowest BCUT2D eigenvalue weighted by molar-refractivity contribution is -0.480. The molecule has 0 aromatic heterocycles. The summed E-state index contributed by atoms with van der Waals surface area (Å²) >= 11 is 0. The summed E-state index contributed by atoms with van der Waals surface area (Å²) in [4.78, 5) is 10.0. The van der Waals surface area contributed by atoms with Gasteiger partial charge in [-0.15, -0.1) is 0 Å². The average Bonchev–Trinajstić information content (AvgIpc) is 2.56. The van der Waals surface area contributed by atoms with E-state index in [2.05, 4.69) is 27.7 Å². The zero-order chi connectivity index (χ0) is 19.7. The molecule has 0 fully saturated rings. The van der Waals surface area contributed by atoms with E-state index in [1.165, 1.54) is 89.9 Å². The quantitative estimate of drug-likeness (QED) is 0.139. The zero-order valence-corrected chi connectivity index (χ0v) is 18.4. The third kappa shape index (κ3) is 18.2. The van der Waals surface area contributed by atoms with Gasteiger partial charge < -0.3 is 0 Å². The second-order valence-electron chi connectivity index (χ2n) is 9.42. The van der Waals surface area contributed by atoms with Crippen LogP contribution in [0.4, 0.5) is 0 Å². The number of unbranched alkanes of at least 4 members (excludes halogenated alkanes) is 14. The number of rotatable bonds is 18. The average molecular weight is 370 g/mol. The van der Waals surface area contributed by atoms with Crippen molar-refractivity contribution < 1.29 is 4.92 Å². The minimum atomic E-state index is -0.201. The molecule has 0 aliphatic heterocycles. The van der Waals surface area contributed by atoms with Crippen LogP contribution < -0.4 is 0 Å². The number of nitro groups is 1. The zero-order valence-electron chi connectivity index (χ0n) is 18.4. The van der Waals surface area contributed by atoms with Crippen molar-refractivity contribution in [1.82, 2.24) is 0 Å². The Hall–Kier alpha value is -0.600. The Bertz CT molecular complexity index is 323. The van der Waals surface area contributed by atoms with Crippen molar-refractivity contribution in [2.45, 2.75) is 130 Å². The number of hydrogen-bond acceptors (Lipinski definition) is 2. The van der Waals surface area contributed by atoms with Gasteiger partial charge in [-0.3, -0.25) is 10.1 Å². The lowest BCUT2D eigenvalue weighted by Crippen LogP contribution is -2.16. The Morgan fingerprint density at radius 1 is 0.654 bits per heavy atom. The first-order chi connectivity index (χ1) is 12.3.